The van der Waals surface area contributed by atoms with Gasteiger partial charge in [-0.05, 0) is 148 Å². The van der Waals surface area contributed by atoms with E-state index in [9.17, 15) is 38.4 Å². The van der Waals surface area contributed by atoms with E-state index in [1.807, 2.05) is 55.4 Å². The molecule has 5 aliphatic rings. The van der Waals surface area contributed by atoms with Crippen LogP contribution in [0.5, 0.6) is 0 Å². The Morgan fingerprint density at radius 3 is 1.26 bits per heavy atom. The molecule has 21 heteroatoms. The number of ether oxygens (including phenoxy) is 3. The molecule has 8 N–H and O–H groups in total. The molecule has 0 unspecified atom stereocenters. The van der Waals surface area contributed by atoms with Gasteiger partial charge in [0.25, 0.3) is 0 Å². The summed E-state index contributed by atoms with van der Waals surface area (Å²) in [6.45, 7) is 19.4. The second-order valence-corrected chi connectivity index (χ2v) is 21.4. The first-order chi connectivity index (χ1) is 37.6. The molecule has 1 aliphatic heterocycles. The van der Waals surface area contributed by atoms with Crippen LogP contribution in [0.15, 0.2) is 10.2 Å². The molecule has 9 atom stereocenters. The zero-order valence-corrected chi connectivity index (χ0v) is 48.5. The van der Waals surface area contributed by atoms with Crippen LogP contribution in [0.1, 0.15) is 184 Å². The summed E-state index contributed by atoms with van der Waals surface area (Å²) in [6.07, 6.45) is 21.0. The number of hydrazone groups is 2. The average molecular weight is 1100 g/mol. The maximum absolute atomic E-state index is 12.5. The smallest absolute Gasteiger partial charge is 0.335 e. The van der Waals surface area contributed by atoms with Crippen molar-refractivity contribution < 1.29 is 52.6 Å². The highest BCUT2D eigenvalue weighted by Gasteiger charge is 2.34. The van der Waals surface area contributed by atoms with E-state index in [0.29, 0.717) is 101 Å². The summed E-state index contributed by atoms with van der Waals surface area (Å²) in [4.78, 5) is 94.9. The summed E-state index contributed by atoms with van der Waals surface area (Å²) >= 11 is 0. The van der Waals surface area contributed by atoms with Crippen molar-refractivity contribution in [3.8, 4) is 0 Å². The predicted molar refractivity (Wildman–Crippen MR) is 302 cm³/mol. The first-order valence-electron chi connectivity index (χ1n) is 29.8. The summed E-state index contributed by atoms with van der Waals surface area (Å²) < 4.78 is 16.7. The third kappa shape index (κ3) is 25.5. The molecule has 4 aliphatic carbocycles. The lowest BCUT2D eigenvalue weighted by molar-refractivity contribution is -0.127. The molecule has 5 fully saturated rings. The normalized spacial score (nSPS) is 26.9. The third-order valence-electron chi connectivity index (χ3n) is 15.8. The molecule has 0 spiro atoms. The second-order valence-electron chi connectivity index (χ2n) is 21.4. The van der Waals surface area contributed by atoms with Crippen LogP contribution >= 0.6 is 0 Å². The summed E-state index contributed by atoms with van der Waals surface area (Å²) in [6, 6.07) is -1.78. The molecule has 1 saturated heterocycles. The van der Waals surface area contributed by atoms with Crippen molar-refractivity contribution in [2.45, 2.75) is 226 Å². The Labute approximate surface area is 465 Å². The van der Waals surface area contributed by atoms with Crippen LogP contribution < -0.4 is 42.8 Å². The van der Waals surface area contributed by atoms with Crippen LogP contribution in [0.25, 0.3) is 0 Å². The average Bonchev–Trinajstić information content (AvgIpc) is 4.26. The van der Waals surface area contributed by atoms with E-state index >= 15 is 0 Å². The fraction of sp³-hybridized carbons (Fsp3) is 0.825. The van der Waals surface area contributed by atoms with E-state index in [-0.39, 0.29) is 95.9 Å². The number of rotatable bonds is 28. The van der Waals surface area contributed by atoms with E-state index in [0.717, 1.165) is 96.2 Å². The van der Waals surface area contributed by atoms with Gasteiger partial charge < -0.3 is 50.9 Å². The van der Waals surface area contributed by atoms with Crippen molar-refractivity contribution in [1.82, 2.24) is 42.8 Å². The molecule has 7 amide bonds. The number of hydrogen-bond donors (Lipinski definition) is 8. The first kappa shape index (κ1) is 67.4. The van der Waals surface area contributed by atoms with Gasteiger partial charge in [0.2, 0.25) is 17.7 Å². The highest BCUT2D eigenvalue weighted by atomic mass is 16.5. The molecular weight excluding hydrogens is 1000 g/mol. The van der Waals surface area contributed by atoms with E-state index in [4.69, 9.17) is 14.2 Å². The van der Waals surface area contributed by atoms with Crippen LogP contribution in [0.2, 0.25) is 0 Å². The van der Waals surface area contributed by atoms with Gasteiger partial charge in [0.15, 0.2) is 0 Å². The van der Waals surface area contributed by atoms with Gasteiger partial charge in [0.05, 0.1) is 42.5 Å². The number of urea groups is 2. The molecule has 0 radical (unpaired) electrons. The van der Waals surface area contributed by atoms with Gasteiger partial charge in [-0.1, -0.05) is 34.6 Å². The molecule has 5 rings (SSSR count). The topological polar surface area (TPSA) is 285 Å². The third-order valence-corrected chi connectivity index (χ3v) is 15.8. The maximum atomic E-state index is 12.5. The van der Waals surface area contributed by atoms with Crippen LogP contribution in [0.4, 0.5) is 9.59 Å². The predicted octanol–water partition coefficient (Wildman–Crippen LogP) is 6.16. The highest BCUT2D eigenvalue weighted by molar-refractivity contribution is 5.86. The van der Waals surface area contributed by atoms with Gasteiger partial charge in [0.1, 0.15) is 17.9 Å². The lowest BCUT2D eigenvalue weighted by Gasteiger charge is -2.27. The SMILES string of the molecule is CCO[C@H]1CC[C@H](C(=O)N[C@H](/C=N/NC(=O)NCC2CCC(C(=O)CC)CC2)CC)C1.CCO[C@H]1CC[C@H](C(=O)N[C@H](C=O)CC)C1.CCO[C@H]1CN[C@H](C(=O)N[C@H](/C=N/NC(=O)NCC2CCC(C(=O)CC)CC2)CC)C1. The van der Waals surface area contributed by atoms with Gasteiger partial charge in [-0.3, -0.25) is 24.0 Å². The van der Waals surface area contributed by atoms with Crippen molar-refractivity contribution in [2.75, 3.05) is 39.5 Å². The number of Topliss-reactive ketones (excluding diaryl/α,β-unsaturated/α-hetero) is 2. The van der Waals surface area contributed by atoms with Gasteiger partial charge >= 0.3 is 12.1 Å². The Hall–Kier alpha value is -4.86. The number of nitrogens with zero attached hydrogens (tertiary/aromatic N) is 2. The number of amides is 7. The molecule has 0 aromatic rings. The molecule has 444 valence electrons. The van der Waals surface area contributed by atoms with Crippen LogP contribution in [-0.4, -0.2) is 142 Å². The minimum Gasteiger partial charge on any atom is -0.378 e. The van der Waals surface area contributed by atoms with Crippen molar-refractivity contribution in [3.63, 3.8) is 0 Å². The quantitative estimate of drug-likeness (QED) is 0.0248. The van der Waals surface area contributed by atoms with Crippen molar-refractivity contribution in [1.29, 1.82) is 0 Å². The number of carbonyl (C=O) groups excluding carboxylic acids is 8. The standard InChI is InChI=1S/C23H40N4O4.C22H39N5O4.C12H21NO3/c1-4-19(26-22(29)18-11-12-20(13-18)31-6-3)15-25-27-23(30)24-14-16-7-9-17(10-8-16)21(28)5-2;1-4-17(26-21(29)19-11-18(14-23-19)31-6-3)13-25-27-22(30)24-12-15-7-9-16(10-8-15)20(28)5-2;1-3-10(8-14)13-12(15)9-5-6-11(7-9)16-4-2/h15-20H,4-14H2,1-3H3,(H,26,29)(H2,24,27,30);13,15-19,23H,4-12,14H2,1-3H3,(H,26,29)(H2,24,27,30);8-11H,3-7H2,1-2H3,(H,13,15)/b25-15+;25-13+;/t16?,17?,18-,19-,20-;15?,16?,17-,18+,19-;9-,10-,11-/m000/s1. The number of aldehydes is 1. The number of carbonyl (C=O) groups is 8. The molecule has 0 aromatic heterocycles. The molecule has 78 heavy (non-hydrogen) atoms. The Kier molecular flexibility index (Phi) is 33.4. The monoisotopic (exact) mass is 1100 g/mol. The fourth-order valence-electron chi connectivity index (χ4n) is 10.9. The Morgan fingerprint density at radius 1 is 0.487 bits per heavy atom. The van der Waals surface area contributed by atoms with Crippen LogP contribution in [0, 0.1) is 35.5 Å². The first-order valence-corrected chi connectivity index (χ1v) is 29.8. The number of hydrogen-bond acceptors (Lipinski definition) is 14. The molecule has 0 bridgehead atoms. The van der Waals surface area contributed by atoms with Crippen molar-refractivity contribution in [2.24, 2.45) is 45.7 Å². The van der Waals surface area contributed by atoms with Crippen molar-refractivity contribution in [3.05, 3.63) is 0 Å². The molecule has 1 heterocycles. The molecular formula is C57H100N10O11. The second kappa shape index (κ2) is 38.7. The minimum absolute atomic E-state index is 0.00107. The highest BCUT2D eigenvalue weighted by Crippen LogP contribution is 2.32. The summed E-state index contributed by atoms with van der Waals surface area (Å²) in [7, 11) is 0. The lowest BCUT2D eigenvalue weighted by Crippen LogP contribution is -2.46. The zero-order chi connectivity index (χ0) is 57.2. The van der Waals surface area contributed by atoms with Gasteiger partial charge in [-0.25, -0.2) is 20.4 Å². The van der Waals surface area contributed by atoms with E-state index < -0.39 is 0 Å². The van der Waals surface area contributed by atoms with Crippen molar-refractivity contribution >= 4 is 60.1 Å². The van der Waals surface area contributed by atoms with E-state index in [1.54, 1.807) is 12.4 Å². The number of nitrogens with one attached hydrogen (secondary N) is 8. The minimum atomic E-state index is -0.360. The molecule has 4 saturated carbocycles. The molecule has 0 aromatic carbocycles. The van der Waals surface area contributed by atoms with Gasteiger partial charge in [0, 0.05) is 88.4 Å². The number of ketones is 2. The molecule has 21 nitrogen and oxygen atoms in total. The van der Waals surface area contributed by atoms with Crippen LogP contribution in [-0.2, 0) is 43.0 Å². The van der Waals surface area contributed by atoms with Gasteiger partial charge in [-0.2, -0.15) is 10.2 Å². The summed E-state index contributed by atoms with van der Waals surface area (Å²) in [5, 5.41) is 25.6. The summed E-state index contributed by atoms with van der Waals surface area (Å²) in [5.74, 6) is 1.88. The fourth-order valence-corrected chi connectivity index (χ4v) is 10.9. The zero-order valence-electron chi connectivity index (χ0n) is 48.5. The maximum Gasteiger partial charge on any atom is 0.335 e. The summed E-state index contributed by atoms with van der Waals surface area (Å²) in [5.41, 5.74) is 4.95. The van der Waals surface area contributed by atoms with E-state index in [2.05, 4.69) is 53.0 Å². The lowest BCUT2D eigenvalue weighted by atomic mass is 9.79. The largest absolute Gasteiger partial charge is 0.378 e. The Morgan fingerprint density at radius 2 is 0.872 bits per heavy atom. The van der Waals surface area contributed by atoms with E-state index in [1.165, 1.54) is 0 Å². The Bertz CT molecular complexity index is 1770. The Balaban J connectivity index is 0.000000324. The van der Waals surface area contributed by atoms with Gasteiger partial charge in [-0.15, -0.1) is 0 Å². The van der Waals surface area contributed by atoms with Crippen LogP contribution in [0.3, 0.4) is 0 Å².